The van der Waals surface area contributed by atoms with E-state index in [1.54, 1.807) is 13.0 Å². The molecule has 0 bridgehead atoms. The molecule has 0 radical (unpaired) electrons. The summed E-state index contributed by atoms with van der Waals surface area (Å²) in [5, 5.41) is 14.4. The van der Waals surface area contributed by atoms with E-state index in [1.165, 1.54) is 6.92 Å². The van der Waals surface area contributed by atoms with Crippen LogP contribution in [0.2, 0.25) is 0 Å². The van der Waals surface area contributed by atoms with Crippen LogP contribution in [0.5, 0.6) is 0 Å². The van der Waals surface area contributed by atoms with E-state index < -0.39 is 0 Å². The van der Waals surface area contributed by atoms with Gasteiger partial charge in [0, 0.05) is 17.0 Å². The summed E-state index contributed by atoms with van der Waals surface area (Å²) < 4.78 is 18.1. The van der Waals surface area contributed by atoms with Gasteiger partial charge in [-0.15, -0.1) is 0 Å². The van der Waals surface area contributed by atoms with Crippen LogP contribution in [-0.2, 0) is 4.74 Å². The van der Waals surface area contributed by atoms with Crippen molar-refractivity contribution in [3.8, 4) is 0 Å². The Morgan fingerprint density at radius 3 is 2.14 bits per heavy atom. The lowest BCUT2D eigenvalue weighted by Crippen LogP contribution is -2.10. The second kappa shape index (κ2) is 8.32. The van der Waals surface area contributed by atoms with Crippen molar-refractivity contribution < 1.29 is 9.13 Å². The van der Waals surface area contributed by atoms with Gasteiger partial charge in [-0.2, -0.15) is 0 Å². The smallest absolute Gasteiger partial charge is 0.142 e. The minimum Gasteiger partial charge on any atom is -0.398 e. The van der Waals surface area contributed by atoms with Gasteiger partial charge in [0.2, 0.25) is 0 Å². The summed E-state index contributed by atoms with van der Waals surface area (Å²) in [6, 6.07) is 7.39. The monoisotopic (exact) mass is 291 g/mol. The van der Waals surface area contributed by atoms with Crippen LogP contribution in [0, 0.1) is 10.8 Å². The first-order valence-corrected chi connectivity index (χ1v) is 6.84. The van der Waals surface area contributed by atoms with Crippen molar-refractivity contribution in [2.45, 2.75) is 26.7 Å². The van der Waals surface area contributed by atoms with Crippen LogP contribution in [0.3, 0.4) is 0 Å². The Morgan fingerprint density at radius 1 is 1.14 bits per heavy atom. The lowest BCUT2D eigenvalue weighted by molar-refractivity contribution is 0.118. The summed E-state index contributed by atoms with van der Waals surface area (Å²) in [6.07, 6.45) is 1.28. The quantitative estimate of drug-likeness (QED) is 0.573. The molecule has 1 aliphatic rings. The molecule has 4 nitrogen and oxygen atoms in total. The van der Waals surface area contributed by atoms with E-state index in [-0.39, 0.29) is 11.5 Å². The predicted molar refractivity (Wildman–Crippen MR) is 84.9 cm³/mol. The fourth-order valence-electron chi connectivity index (χ4n) is 1.94. The van der Waals surface area contributed by atoms with Gasteiger partial charge in [-0.05, 0) is 38.3 Å². The van der Waals surface area contributed by atoms with Crippen LogP contribution in [0.1, 0.15) is 32.3 Å². The van der Waals surface area contributed by atoms with E-state index in [1.807, 2.05) is 18.2 Å². The third-order valence-corrected chi connectivity index (χ3v) is 3.10. The molecule has 1 aliphatic heterocycles. The molecule has 1 aromatic rings. The van der Waals surface area contributed by atoms with Crippen LogP contribution < -0.4 is 5.73 Å². The Labute approximate surface area is 124 Å². The number of nitrogens with one attached hydrogen (secondary N) is 2. The number of halogens is 1. The SMILES string of the molecule is CC(=N)C(F)=C1CCOCC1.CC(=N)c1ccccc1N. The average Bonchev–Trinajstić information content (AvgIpc) is 2.48. The molecule has 0 spiro atoms. The molecule has 114 valence electrons. The van der Waals surface area contributed by atoms with Gasteiger partial charge in [0.05, 0.1) is 18.9 Å². The number of anilines is 1. The number of hydrogen-bond acceptors (Lipinski definition) is 4. The predicted octanol–water partition coefficient (Wildman–Crippen LogP) is 3.72. The normalized spacial score (nSPS) is 14.0. The second-order valence-corrected chi connectivity index (χ2v) is 4.87. The van der Waals surface area contributed by atoms with Crippen LogP contribution in [-0.4, -0.2) is 24.6 Å². The van der Waals surface area contributed by atoms with E-state index >= 15 is 0 Å². The van der Waals surface area contributed by atoms with Crippen LogP contribution in [0.4, 0.5) is 10.1 Å². The zero-order chi connectivity index (χ0) is 15.8. The van der Waals surface area contributed by atoms with Crippen molar-refractivity contribution >= 4 is 17.1 Å². The molecule has 0 aromatic heterocycles. The summed E-state index contributed by atoms with van der Waals surface area (Å²) in [5.41, 5.74) is 8.36. The van der Waals surface area contributed by atoms with Gasteiger partial charge in [-0.3, -0.25) is 0 Å². The van der Waals surface area contributed by atoms with Crippen molar-refractivity contribution in [2.24, 2.45) is 0 Å². The number of para-hydroxylation sites is 1. The Hall–Kier alpha value is -2.01. The lowest BCUT2D eigenvalue weighted by Gasteiger charge is -2.15. The molecule has 5 heteroatoms. The maximum Gasteiger partial charge on any atom is 0.142 e. The molecule has 0 saturated carbocycles. The third kappa shape index (κ3) is 5.47. The highest BCUT2D eigenvalue weighted by Gasteiger charge is 2.12. The topological polar surface area (TPSA) is 83.0 Å². The first-order valence-electron chi connectivity index (χ1n) is 6.84. The molecule has 1 aromatic carbocycles. The van der Waals surface area contributed by atoms with Gasteiger partial charge in [0.15, 0.2) is 0 Å². The maximum absolute atomic E-state index is 13.0. The number of nitrogens with two attached hydrogens (primary N) is 1. The highest BCUT2D eigenvalue weighted by molar-refractivity contribution is 6.00. The Kier molecular flexibility index (Phi) is 6.75. The Morgan fingerprint density at radius 2 is 1.71 bits per heavy atom. The van der Waals surface area contributed by atoms with Crippen molar-refractivity contribution in [1.29, 1.82) is 10.8 Å². The molecule has 0 aliphatic carbocycles. The zero-order valence-electron chi connectivity index (χ0n) is 12.5. The summed E-state index contributed by atoms with van der Waals surface area (Å²) in [6.45, 7) is 4.38. The first-order chi connectivity index (χ1) is 9.93. The Balaban J connectivity index is 0.000000211. The molecule has 1 fully saturated rings. The fourth-order valence-corrected chi connectivity index (χ4v) is 1.94. The number of hydrogen-bond donors (Lipinski definition) is 3. The lowest BCUT2D eigenvalue weighted by atomic mass is 10.1. The number of nitrogen functional groups attached to an aromatic ring is 1. The maximum atomic E-state index is 13.0. The van der Waals surface area contributed by atoms with E-state index in [2.05, 4.69) is 0 Å². The van der Waals surface area contributed by atoms with Crippen LogP contribution >= 0.6 is 0 Å². The van der Waals surface area contributed by atoms with Gasteiger partial charge in [-0.1, -0.05) is 18.2 Å². The van der Waals surface area contributed by atoms with E-state index in [9.17, 15) is 4.39 Å². The number of allylic oxidation sites excluding steroid dienone is 1. The van der Waals surface area contributed by atoms with Gasteiger partial charge < -0.3 is 21.3 Å². The number of ether oxygens (including phenoxy) is 1. The van der Waals surface area contributed by atoms with Gasteiger partial charge >= 0.3 is 0 Å². The molecule has 0 unspecified atom stereocenters. The molecule has 0 amide bonds. The molecule has 1 saturated heterocycles. The first kappa shape index (κ1) is 17.0. The standard InChI is InChI=1S/C8H12FNO.C8H10N2/c1-6(10)8(9)7-2-4-11-5-3-7;1-6(9)7-4-2-3-5-8(7)10/h10H,2-5H2,1H3;2-5,9H,10H2,1H3. The fraction of sp³-hybridized carbons (Fsp3) is 0.375. The zero-order valence-corrected chi connectivity index (χ0v) is 12.5. The summed E-state index contributed by atoms with van der Waals surface area (Å²) >= 11 is 0. The minimum atomic E-state index is -0.340. The van der Waals surface area contributed by atoms with Gasteiger partial charge in [0.1, 0.15) is 5.83 Å². The van der Waals surface area contributed by atoms with Crippen molar-refractivity contribution in [3.05, 3.63) is 41.2 Å². The second-order valence-electron chi connectivity index (χ2n) is 4.87. The van der Waals surface area contributed by atoms with E-state index in [0.717, 1.165) is 11.1 Å². The summed E-state index contributed by atoms with van der Waals surface area (Å²) in [7, 11) is 0. The Bertz CT molecular complexity index is 544. The van der Waals surface area contributed by atoms with Crippen molar-refractivity contribution in [1.82, 2.24) is 0 Å². The van der Waals surface area contributed by atoms with E-state index in [4.69, 9.17) is 21.3 Å². The minimum absolute atomic E-state index is 0.0295. The molecular weight excluding hydrogens is 269 g/mol. The van der Waals surface area contributed by atoms with Crippen molar-refractivity contribution in [2.75, 3.05) is 18.9 Å². The highest BCUT2D eigenvalue weighted by Crippen LogP contribution is 2.19. The molecule has 1 heterocycles. The third-order valence-electron chi connectivity index (χ3n) is 3.10. The van der Waals surface area contributed by atoms with Crippen molar-refractivity contribution in [3.63, 3.8) is 0 Å². The number of rotatable bonds is 2. The molecule has 21 heavy (non-hydrogen) atoms. The molecule has 0 atom stereocenters. The summed E-state index contributed by atoms with van der Waals surface area (Å²) in [5.74, 6) is -0.340. The van der Waals surface area contributed by atoms with Crippen LogP contribution in [0.25, 0.3) is 0 Å². The van der Waals surface area contributed by atoms with Crippen LogP contribution in [0.15, 0.2) is 35.7 Å². The molecule has 2 rings (SSSR count). The highest BCUT2D eigenvalue weighted by atomic mass is 19.1. The molecule has 4 N–H and O–H groups in total. The summed E-state index contributed by atoms with van der Waals surface area (Å²) in [4.78, 5) is 0. The average molecular weight is 291 g/mol. The van der Waals surface area contributed by atoms with Gasteiger partial charge in [0.25, 0.3) is 0 Å². The van der Waals surface area contributed by atoms with Gasteiger partial charge in [-0.25, -0.2) is 4.39 Å². The number of benzene rings is 1. The largest absolute Gasteiger partial charge is 0.398 e. The van der Waals surface area contributed by atoms with E-state index in [0.29, 0.717) is 37.5 Å². The molecular formula is C16H22FN3O.